The Bertz CT molecular complexity index is 1160. The van der Waals surface area contributed by atoms with Gasteiger partial charge < -0.3 is 4.74 Å². The summed E-state index contributed by atoms with van der Waals surface area (Å²) < 4.78 is 6.32. The van der Waals surface area contributed by atoms with E-state index in [4.69, 9.17) is 21.3 Å². The van der Waals surface area contributed by atoms with E-state index in [0.29, 0.717) is 28.9 Å². The number of nitrogens with zero attached hydrogens (tertiary/aromatic N) is 2. The Morgan fingerprint density at radius 2 is 1.87 bits per heavy atom. The highest BCUT2D eigenvalue weighted by molar-refractivity contribution is 7.99. The number of halogens is 1. The highest BCUT2D eigenvalue weighted by Crippen LogP contribution is 2.33. The van der Waals surface area contributed by atoms with Crippen molar-refractivity contribution in [2.45, 2.75) is 17.9 Å². The third-order valence-corrected chi connectivity index (χ3v) is 7.00. The molecule has 0 saturated heterocycles. The van der Waals surface area contributed by atoms with Crippen molar-refractivity contribution in [3.05, 3.63) is 83.4 Å². The van der Waals surface area contributed by atoms with Crippen LogP contribution in [-0.4, -0.2) is 23.8 Å². The third kappa shape index (κ3) is 5.58. The molecule has 1 aromatic heterocycles. The van der Waals surface area contributed by atoms with Crippen LogP contribution in [0.25, 0.3) is 10.2 Å². The molecular formula is C24H21ClN2O2S2. The van der Waals surface area contributed by atoms with Gasteiger partial charge in [-0.2, -0.15) is 0 Å². The Kier molecular flexibility index (Phi) is 7.12. The minimum absolute atomic E-state index is 0.0522. The third-order valence-electron chi connectivity index (χ3n) is 4.70. The van der Waals surface area contributed by atoms with Crippen molar-refractivity contribution in [3.63, 3.8) is 0 Å². The number of amides is 1. The number of rotatable bonds is 8. The first kappa shape index (κ1) is 21.7. The number of carbonyl (C=O) groups excluding carboxylic acids is 1. The minimum Gasteiger partial charge on any atom is -0.497 e. The summed E-state index contributed by atoms with van der Waals surface area (Å²) in [4.78, 5) is 20.8. The van der Waals surface area contributed by atoms with Gasteiger partial charge in [-0.3, -0.25) is 9.69 Å². The SMILES string of the molecule is COc1ccc2nc(N(Cc3ccccc3)C(=O)CCSc3ccc(Cl)cc3)sc2c1. The number of hydrogen-bond donors (Lipinski definition) is 0. The van der Waals surface area contributed by atoms with Gasteiger partial charge in [-0.25, -0.2) is 4.98 Å². The van der Waals surface area contributed by atoms with Crippen LogP contribution in [0.15, 0.2) is 77.7 Å². The predicted molar refractivity (Wildman–Crippen MR) is 131 cm³/mol. The molecule has 0 saturated carbocycles. The van der Waals surface area contributed by atoms with E-state index in [9.17, 15) is 4.79 Å². The average molecular weight is 469 g/mol. The molecule has 4 nitrogen and oxygen atoms in total. The molecule has 0 aliphatic heterocycles. The summed E-state index contributed by atoms with van der Waals surface area (Å²) >= 11 is 9.10. The van der Waals surface area contributed by atoms with Crippen LogP contribution in [0.1, 0.15) is 12.0 Å². The first-order valence-corrected chi connectivity index (χ1v) is 12.0. The fourth-order valence-corrected chi connectivity index (χ4v) is 5.06. The average Bonchev–Trinajstić information content (AvgIpc) is 3.22. The number of benzene rings is 3. The summed E-state index contributed by atoms with van der Waals surface area (Å²) in [5.41, 5.74) is 1.93. The van der Waals surface area contributed by atoms with E-state index >= 15 is 0 Å². The molecule has 0 spiro atoms. The van der Waals surface area contributed by atoms with Gasteiger partial charge >= 0.3 is 0 Å². The van der Waals surface area contributed by atoms with Crippen molar-refractivity contribution < 1.29 is 9.53 Å². The summed E-state index contributed by atoms with van der Waals surface area (Å²) in [6.07, 6.45) is 0.416. The van der Waals surface area contributed by atoms with Gasteiger partial charge in [-0.15, -0.1) is 11.8 Å². The molecule has 158 valence electrons. The Labute approximate surface area is 194 Å². The Morgan fingerprint density at radius 1 is 1.10 bits per heavy atom. The number of methoxy groups -OCH3 is 1. The minimum atomic E-state index is 0.0522. The second-order valence-electron chi connectivity index (χ2n) is 6.85. The first-order chi connectivity index (χ1) is 15.1. The Balaban J connectivity index is 1.53. The van der Waals surface area contributed by atoms with Gasteiger partial charge in [0.25, 0.3) is 0 Å². The van der Waals surface area contributed by atoms with Gasteiger partial charge in [0.05, 0.1) is 23.9 Å². The molecule has 0 N–H and O–H groups in total. The zero-order valence-electron chi connectivity index (χ0n) is 17.0. The van der Waals surface area contributed by atoms with E-state index in [1.165, 1.54) is 11.3 Å². The van der Waals surface area contributed by atoms with Crippen LogP contribution < -0.4 is 9.64 Å². The van der Waals surface area contributed by atoms with Gasteiger partial charge in [0.1, 0.15) is 5.75 Å². The molecule has 0 bridgehead atoms. The van der Waals surface area contributed by atoms with Crippen LogP contribution in [0.5, 0.6) is 5.75 Å². The highest BCUT2D eigenvalue weighted by atomic mass is 35.5. The topological polar surface area (TPSA) is 42.4 Å². The van der Waals surface area contributed by atoms with Gasteiger partial charge in [-0.05, 0) is 48.0 Å². The van der Waals surface area contributed by atoms with E-state index < -0.39 is 0 Å². The van der Waals surface area contributed by atoms with Crippen LogP contribution in [0.4, 0.5) is 5.13 Å². The molecule has 0 fully saturated rings. The highest BCUT2D eigenvalue weighted by Gasteiger charge is 2.20. The van der Waals surface area contributed by atoms with Crippen molar-refractivity contribution in [2.75, 3.05) is 17.8 Å². The Morgan fingerprint density at radius 3 is 2.61 bits per heavy atom. The smallest absolute Gasteiger partial charge is 0.229 e. The number of hydrogen-bond acceptors (Lipinski definition) is 5. The number of anilines is 1. The quantitative estimate of drug-likeness (QED) is 0.271. The van der Waals surface area contributed by atoms with E-state index in [-0.39, 0.29) is 5.91 Å². The van der Waals surface area contributed by atoms with E-state index in [2.05, 4.69) is 0 Å². The molecule has 3 aromatic carbocycles. The molecule has 7 heteroatoms. The van der Waals surface area contributed by atoms with Gasteiger partial charge in [0.2, 0.25) is 5.91 Å². The fourth-order valence-electron chi connectivity index (χ4n) is 3.09. The van der Waals surface area contributed by atoms with Gasteiger partial charge in [0, 0.05) is 22.1 Å². The van der Waals surface area contributed by atoms with E-state index in [1.54, 1.807) is 23.8 Å². The molecule has 0 radical (unpaired) electrons. The second kappa shape index (κ2) is 10.2. The normalized spacial score (nSPS) is 10.9. The largest absolute Gasteiger partial charge is 0.497 e. The van der Waals surface area contributed by atoms with Crippen LogP contribution in [0, 0.1) is 0 Å². The molecule has 0 atom stereocenters. The molecule has 0 aliphatic rings. The Hall–Kier alpha value is -2.54. The standard InChI is InChI=1S/C24H21ClN2O2S2/c1-29-19-9-12-21-22(15-19)31-24(26-21)27(16-17-5-3-2-4-6-17)23(28)13-14-30-20-10-7-18(25)8-11-20/h2-12,15H,13-14,16H2,1H3. The van der Waals surface area contributed by atoms with Crippen molar-refractivity contribution in [3.8, 4) is 5.75 Å². The number of thiazole rings is 1. The first-order valence-electron chi connectivity index (χ1n) is 9.79. The summed E-state index contributed by atoms with van der Waals surface area (Å²) in [5, 5.41) is 1.41. The molecular weight excluding hydrogens is 448 g/mol. The number of aromatic nitrogens is 1. The predicted octanol–water partition coefficient (Wildman–Crippen LogP) is 6.67. The molecule has 1 heterocycles. The van der Waals surface area contributed by atoms with E-state index in [0.717, 1.165) is 26.4 Å². The summed E-state index contributed by atoms with van der Waals surface area (Å²) in [5.74, 6) is 1.52. The molecule has 0 aliphatic carbocycles. The van der Waals surface area contributed by atoms with Crippen molar-refractivity contribution in [1.29, 1.82) is 0 Å². The summed E-state index contributed by atoms with van der Waals surface area (Å²) in [7, 11) is 1.65. The number of fused-ring (bicyclic) bond motifs is 1. The van der Waals surface area contributed by atoms with Crippen LogP contribution >= 0.6 is 34.7 Å². The van der Waals surface area contributed by atoms with Crippen molar-refractivity contribution in [1.82, 2.24) is 4.98 Å². The monoisotopic (exact) mass is 468 g/mol. The maximum absolute atomic E-state index is 13.2. The fraction of sp³-hybridized carbons (Fsp3) is 0.167. The maximum atomic E-state index is 13.2. The lowest BCUT2D eigenvalue weighted by atomic mass is 10.2. The van der Waals surface area contributed by atoms with Crippen molar-refractivity contribution >= 4 is 56.0 Å². The van der Waals surface area contributed by atoms with Gasteiger partial charge in [-0.1, -0.05) is 53.3 Å². The number of thioether (sulfide) groups is 1. The van der Waals surface area contributed by atoms with E-state index in [1.807, 2.05) is 72.8 Å². The summed E-state index contributed by atoms with van der Waals surface area (Å²) in [6, 6.07) is 23.4. The molecule has 4 rings (SSSR count). The van der Waals surface area contributed by atoms with Crippen molar-refractivity contribution in [2.24, 2.45) is 0 Å². The summed E-state index contributed by atoms with van der Waals surface area (Å²) in [6.45, 7) is 0.488. The lowest BCUT2D eigenvalue weighted by molar-refractivity contribution is -0.118. The number of ether oxygens (including phenoxy) is 1. The zero-order chi connectivity index (χ0) is 21.6. The van der Waals surface area contributed by atoms with Crippen LogP contribution in [0.3, 0.4) is 0 Å². The molecule has 4 aromatic rings. The zero-order valence-corrected chi connectivity index (χ0v) is 19.3. The van der Waals surface area contributed by atoms with Crippen LogP contribution in [-0.2, 0) is 11.3 Å². The number of carbonyl (C=O) groups is 1. The molecule has 1 amide bonds. The lowest BCUT2D eigenvalue weighted by Crippen LogP contribution is -2.30. The maximum Gasteiger partial charge on any atom is 0.229 e. The second-order valence-corrected chi connectivity index (χ2v) is 9.46. The van der Waals surface area contributed by atoms with Gasteiger partial charge in [0.15, 0.2) is 5.13 Å². The van der Waals surface area contributed by atoms with Crippen LogP contribution in [0.2, 0.25) is 5.02 Å². The molecule has 0 unspecified atom stereocenters. The molecule has 31 heavy (non-hydrogen) atoms. The lowest BCUT2D eigenvalue weighted by Gasteiger charge is -2.20.